The minimum atomic E-state index is -6.09. The van der Waals surface area contributed by atoms with Gasteiger partial charge in [-0.1, -0.05) is 0 Å². The lowest BCUT2D eigenvalue weighted by atomic mass is 10.2. The highest BCUT2D eigenvalue weighted by Gasteiger charge is 2.36. The van der Waals surface area contributed by atoms with E-state index >= 15 is 0 Å². The van der Waals surface area contributed by atoms with Crippen LogP contribution >= 0.6 is 24.0 Å². The maximum absolute atomic E-state index is 10.7. The van der Waals surface area contributed by atoms with Gasteiger partial charge in [-0.15, -0.1) is 0 Å². The van der Waals surface area contributed by atoms with Crippen molar-refractivity contribution in [2.24, 2.45) is 0 Å². The van der Waals surface area contributed by atoms with E-state index in [9.17, 15) is 13.2 Å². The van der Waals surface area contributed by atoms with E-state index in [1.807, 2.05) is 27.7 Å². The van der Waals surface area contributed by atoms with Crippen LogP contribution < -0.4 is 0 Å². The number of halogens is 4. The molecule has 0 bridgehead atoms. The summed E-state index contributed by atoms with van der Waals surface area (Å²) in [5.74, 6) is 0. The Morgan fingerprint density at radius 1 is 0.741 bits per heavy atom. The van der Waals surface area contributed by atoms with Gasteiger partial charge in [-0.05, 0) is 76.9 Å². The molecule has 0 fully saturated rings. The Morgan fingerprint density at radius 3 is 1.04 bits per heavy atom. The molecule has 2 heterocycles. The molecule has 0 saturated heterocycles. The Labute approximate surface area is 175 Å². The predicted octanol–water partition coefficient (Wildman–Crippen LogP) is 4.95. The van der Waals surface area contributed by atoms with E-state index in [2.05, 4.69) is 48.1 Å². The van der Waals surface area contributed by atoms with Gasteiger partial charge in [-0.25, -0.2) is 8.42 Å². The zero-order chi connectivity index (χ0) is 20.7. The van der Waals surface area contributed by atoms with E-state index in [1.165, 1.54) is 11.1 Å². The topological polar surface area (TPSA) is 83.0 Å². The Balaban J connectivity index is 0. The van der Waals surface area contributed by atoms with Crippen molar-refractivity contribution in [2.75, 3.05) is 0 Å². The maximum Gasteiger partial charge on any atom is 0.485 e. The van der Waals surface area contributed by atoms with E-state index in [0.29, 0.717) is 0 Å². The largest absolute Gasteiger partial charge is 0.741 e. The van der Waals surface area contributed by atoms with Gasteiger partial charge in [0.1, 0.15) is 0 Å². The van der Waals surface area contributed by atoms with Crippen LogP contribution in [0.5, 0.6) is 0 Å². The molecule has 0 unspecified atom stereocenters. The Bertz CT molecular complexity index is 691. The van der Waals surface area contributed by atoms with Crippen LogP contribution in [0.25, 0.3) is 0 Å². The second-order valence-corrected chi connectivity index (χ2v) is 7.13. The van der Waals surface area contributed by atoms with Crippen LogP contribution in [0.15, 0.2) is 24.3 Å². The van der Waals surface area contributed by atoms with Gasteiger partial charge in [0.2, 0.25) is 0 Å². The normalized spacial score (nSPS) is 10.6. The molecule has 2 rings (SSSR count). The monoisotopic (exact) mass is 518 g/mol. The second-order valence-electron chi connectivity index (χ2n) is 5.75. The number of aromatic nitrogens is 2. The van der Waals surface area contributed by atoms with Crippen LogP contribution in [0.4, 0.5) is 13.2 Å². The van der Waals surface area contributed by atoms with E-state index in [4.69, 9.17) is 13.0 Å². The molecule has 0 saturated carbocycles. The molecule has 0 aliphatic carbocycles. The fraction of sp³-hybridized carbons (Fsp3) is 0.412. The number of hydrogen-bond donors (Lipinski definition) is 0. The summed E-state index contributed by atoms with van der Waals surface area (Å²) in [7, 11) is -6.09. The van der Waals surface area contributed by atoms with E-state index in [-0.39, 0.29) is 24.0 Å². The first-order valence-corrected chi connectivity index (χ1v) is 8.88. The smallest absolute Gasteiger partial charge is 0.485 e. The van der Waals surface area contributed by atoms with Crippen molar-refractivity contribution in [3.63, 3.8) is 0 Å². The van der Waals surface area contributed by atoms with E-state index in [0.717, 1.165) is 22.8 Å². The van der Waals surface area contributed by atoms with Crippen molar-refractivity contribution in [1.82, 2.24) is 9.97 Å². The van der Waals surface area contributed by atoms with Gasteiger partial charge >= 0.3 is 5.51 Å². The van der Waals surface area contributed by atoms with Crippen molar-refractivity contribution in [3.8, 4) is 0 Å². The molecule has 2 aromatic heterocycles. The molecule has 0 N–H and O–H groups in total. The molecule has 0 aromatic carbocycles. The van der Waals surface area contributed by atoms with Gasteiger partial charge in [0, 0.05) is 46.8 Å². The molecule has 0 atom stereocenters. The molecule has 0 aliphatic heterocycles. The first-order chi connectivity index (χ1) is 11.6. The van der Waals surface area contributed by atoms with Crippen LogP contribution in [0.3, 0.4) is 0 Å². The SMILES string of the molecule is Cc1cc(C)nc(C)c1.Cc1cc(C)nc(C)c1.O=S(=O)([O-])C(F)(F)F.[I]. The molecule has 2 aromatic rings. The van der Waals surface area contributed by atoms with Crippen LogP contribution in [0.1, 0.15) is 33.9 Å². The molecule has 27 heavy (non-hydrogen) atoms. The molecular weight excluding hydrogens is 496 g/mol. The first kappa shape index (κ1) is 27.9. The summed E-state index contributed by atoms with van der Waals surface area (Å²) >= 11 is 0. The number of aryl methyl sites for hydroxylation is 6. The second kappa shape index (κ2) is 11.5. The Hall–Kier alpha value is -1.27. The van der Waals surface area contributed by atoms with Crippen LogP contribution in [-0.4, -0.2) is 28.4 Å². The number of hydrogen-bond acceptors (Lipinski definition) is 5. The van der Waals surface area contributed by atoms with Crippen molar-refractivity contribution in [1.29, 1.82) is 0 Å². The predicted molar refractivity (Wildman–Crippen MR) is 107 cm³/mol. The summed E-state index contributed by atoms with van der Waals surface area (Å²) in [5, 5.41) is 0. The summed E-state index contributed by atoms with van der Waals surface area (Å²) in [4.78, 5) is 8.47. The van der Waals surface area contributed by atoms with Crippen molar-refractivity contribution in [2.45, 2.75) is 47.1 Å². The van der Waals surface area contributed by atoms with Gasteiger partial charge in [-0.3, -0.25) is 9.97 Å². The number of nitrogens with zero attached hydrogens (tertiary/aromatic N) is 2. The highest BCUT2D eigenvalue weighted by Crippen LogP contribution is 2.20. The highest BCUT2D eigenvalue weighted by atomic mass is 127. The number of rotatable bonds is 0. The number of alkyl halides is 3. The quantitative estimate of drug-likeness (QED) is 0.280. The Kier molecular flexibility index (Phi) is 11.9. The van der Waals surface area contributed by atoms with Gasteiger partial charge in [-0.2, -0.15) is 13.2 Å². The molecule has 1 radical (unpaired) electrons. The third-order valence-corrected chi connectivity index (χ3v) is 3.30. The van der Waals surface area contributed by atoms with Crippen molar-refractivity contribution in [3.05, 3.63) is 58.2 Å². The molecule has 153 valence electrons. The third-order valence-electron chi connectivity index (χ3n) is 2.74. The molecular formula is C17H22F3IN2O3S-. The van der Waals surface area contributed by atoms with Crippen LogP contribution in [-0.2, 0) is 10.1 Å². The van der Waals surface area contributed by atoms with Gasteiger partial charge < -0.3 is 4.55 Å². The zero-order valence-corrected chi connectivity index (χ0v) is 18.8. The van der Waals surface area contributed by atoms with Crippen LogP contribution in [0.2, 0.25) is 0 Å². The average Bonchev–Trinajstić information content (AvgIpc) is 2.33. The lowest BCUT2D eigenvalue weighted by molar-refractivity contribution is -0.0517. The first-order valence-electron chi connectivity index (χ1n) is 7.47. The average molecular weight is 518 g/mol. The van der Waals surface area contributed by atoms with Crippen LogP contribution in [0, 0.1) is 41.5 Å². The van der Waals surface area contributed by atoms with Gasteiger partial charge in [0.15, 0.2) is 10.1 Å². The minimum Gasteiger partial charge on any atom is -0.741 e. The van der Waals surface area contributed by atoms with Gasteiger partial charge in [0.05, 0.1) is 0 Å². The summed E-state index contributed by atoms with van der Waals surface area (Å²) in [5.41, 5.74) is 1.35. The Morgan fingerprint density at radius 2 is 0.926 bits per heavy atom. The standard InChI is InChI=1S/2C8H11N.CHF3O3S.I/c2*1-6-4-7(2)9-8(3)5-6;2-1(3,4)8(5,6)7;/h2*4-5H,1-3H3;(H,5,6,7);/p-1. The summed E-state index contributed by atoms with van der Waals surface area (Å²) in [6, 6.07) is 8.31. The van der Waals surface area contributed by atoms with E-state index < -0.39 is 15.6 Å². The molecule has 10 heteroatoms. The van der Waals surface area contributed by atoms with Gasteiger partial charge in [0.25, 0.3) is 0 Å². The molecule has 0 amide bonds. The fourth-order valence-corrected chi connectivity index (χ4v) is 2.09. The third kappa shape index (κ3) is 12.7. The number of pyridine rings is 2. The summed E-state index contributed by atoms with van der Waals surface area (Å²) < 4.78 is 58.9. The maximum atomic E-state index is 10.7. The lowest BCUT2D eigenvalue weighted by Crippen LogP contribution is -2.21. The van der Waals surface area contributed by atoms with Crippen molar-refractivity contribution < 1.29 is 26.1 Å². The molecule has 5 nitrogen and oxygen atoms in total. The fourth-order valence-electron chi connectivity index (χ4n) is 2.09. The van der Waals surface area contributed by atoms with Crippen molar-refractivity contribution >= 4 is 34.1 Å². The van der Waals surface area contributed by atoms with E-state index in [1.54, 1.807) is 0 Å². The highest BCUT2D eigenvalue weighted by molar-refractivity contribution is 14.0. The zero-order valence-electron chi connectivity index (χ0n) is 15.8. The lowest BCUT2D eigenvalue weighted by Gasteiger charge is -2.08. The summed E-state index contributed by atoms with van der Waals surface area (Å²) in [6.07, 6.45) is 0. The summed E-state index contributed by atoms with van der Waals surface area (Å²) in [6.45, 7) is 12.2. The molecule has 0 spiro atoms. The minimum absolute atomic E-state index is 0. The molecule has 0 aliphatic rings.